The third-order valence-corrected chi connectivity index (χ3v) is 5.05. The maximum Gasteiger partial charge on any atom is 0.248 e. The average molecular weight is 432 g/mol. The zero-order chi connectivity index (χ0) is 22.1. The monoisotopic (exact) mass is 432 g/mol. The van der Waals surface area contributed by atoms with E-state index < -0.39 is 27.9 Å². The van der Waals surface area contributed by atoms with Crippen molar-refractivity contribution in [3.63, 3.8) is 0 Å². The van der Waals surface area contributed by atoms with Gasteiger partial charge in [0.05, 0.1) is 5.75 Å². The number of carbonyl (C=O) groups excluding carboxylic acids is 2. The molecule has 0 radical (unpaired) electrons. The molecule has 8 nitrogen and oxygen atoms in total. The molecular weight excluding hydrogens is 408 g/mol. The molecule has 0 aliphatic heterocycles. The second-order valence-electron chi connectivity index (χ2n) is 6.68. The van der Waals surface area contributed by atoms with Crippen LogP contribution in [-0.2, 0) is 14.6 Å². The van der Waals surface area contributed by atoms with E-state index in [2.05, 4.69) is 5.32 Å². The number of primary amides is 1. The molecule has 2 aromatic carbocycles. The summed E-state index contributed by atoms with van der Waals surface area (Å²) < 4.78 is 28.4. The van der Waals surface area contributed by atoms with E-state index in [1.807, 2.05) is 30.3 Å². The second-order valence-corrected chi connectivity index (χ2v) is 8.94. The number of amides is 2. The molecule has 0 aliphatic rings. The summed E-state index contributed by atoms with van der Waals surface area (Å²) in [6, 6.07) is 13.1. The number of hydrogen-bond acceptors (Lipinski definition) is 6. The number of carbonyl (C=O) groups is 2. The quantitative estimate of drug-likeness (QED) is 0.387. The maximum absolute atomic E-state index is 12.3. The van der Waals surface area contributed by atoms with Crippen LogP contribution in [0, 0.1) is 0 Å². The Morgan fingerprint density at radius 2 is 1.90 bits per heavy atom. The van der Waals surface area contributed by atoms with E-state index in [9.17, 15) is 23.1 Å². The Hall–Kier alpha value is -3.33. The van der Waals surface area contributed by atoms with Crippen molar-refractivity contribution >= 4 is 27.7 Å². The number of ether oxygens (including phenoxy) is 1. The van der Waals surface area contributed by atoms with Crippen LogP contribution in [0.25, 0.3) is 6.08 Å². The summed E-state index contributed by atoms with van der Waals surface area (Å²) in [6.07, 6.45) is 3.62. The predicted molar refractivity (Wildman–Crippen MR) is 114 cm³/mol. The number of nitrogens with one attached hydrogen (secondary N) is 1. The van der Waals surface area contributed by atoms with Gasteiger partial charge in [0, 0.05) is 24.3 Å². The molecule has 0 aliphatic carbocycles. The fraction of sp³-hybridized carbons (Fsp3) is 0.238. The lowest BCUT2D eigenvalue weighted by atomic mass is 10.2. The maximum atomic E-state index is 12.3. The van der Waals surface area contributed by atoms with Crippen LogP contribution < -0.4 is 15.8 Å². The first-order valence-electron chi connectivity index (χ1n) is 9.15. The number of benzene rings is 2. The van der Waals surface area contributed by atoms with E-state index in [0.29, 0.717) is 0 Å². The molecule has 0 heterocycles. The van der Waals surface area contributed by atoms with E-state index in [1.54, 1.807) is 6.08 Å². The molecule has 2 amide bonds. The summed E-state index contributed by atoms with van der Waals surface area (Å²) in [4.78, 5) is 23.5. The van der Waals surface area contributed by atoms with Crippen molar-refractivity contribution in [2.45, 2.75) is 19.1 Å². The molecular formula is C21H24N2O6S. The Morgan fingerprint density at radius 1 is 1.20 bits per heavy atom. The molecule has 0 bridgehead atoms. The summed E-state index contributed by atoms with van der Waals surface area (Å²) in [6.45, 7) is 0. The van der Waals surface area contributed by atoms with Crippen LogP contribution >= 0.6 is 0 Å². The second kappa shape index (κ2) is 10.4. The highest BCUT2D eigenvalue weighted by Gasteiger charge is 2.17. The van der Waals surface area contributed by atoms with Crippen molar-refractivity contribution in [1.82, 2.24) is 5.32 Å². The van der Waals surface area contributed by atoms with Crippen LogP contribution in [0.4, 0.5) is 0 Å². The van der Waals surface area contributed by atoms with Gasteiger partial charge in [0.15, 0.2) is 17.7 Å². The van der Waals surface area contributed by atoms with Gasteiger partial charge in [-0.3, -0.25) is 9.59 Å². The van der Waals surface area contributed by atoms with Crippen LogP contribution in [0.2, 0.25) is 0 Å². The highest BCUT2D eigenvalue weighted by atomic mass is 32.2. The van der Waals surface area contributed by atoms with Crippen molar-refractivity contribution in [1.29, 1.82) is 0 Å². The third kappa shape index (κ3) is 7.96. The van der Waals surface area contributed by atoms with Crippen LogP contribution in [0.15, 0.2) is 54.6 Å². The lowest BCUT2D eigenvalue weighted by molar-refractivity contribution is -0.118. The van der Waals surface area contributed by atoms with Crippen molar-refractivity contribution < 1.29 is 27.9 Å². The largest absolute Gasteiger partial charge is 0.504 e. The molecule has 0 saturated heterocycles. The fourth-order valence-electron chi connectivity index (χ4n) is 2.56. The van der Waals surface area contributed by atoms with Crippen LogP contribution in [-0.4, -0.2) is 43.6 Å². The van der Waals surface area contributed by atoms with E-state index in [0.717, 1.165) is 17.9 Å². The van der Waals surface area contributed by atoms with E-state index >= 15 is 0 Å². The molecule has 9 heteroatoms. The first kappa shape index (κ1) is 23.0. The summed E-state index contributed by atoms with van der Waals surface area (Å²) in [7, 11) is -3.17. The molecule has 0 spiro atoms. The smallest absolute Gasteiger partial charge is 0.248 e. The van der Waals surface area contributed by atoms with Gasteiger partial charge in [0.2, 0.25) is 11.8 Å². The number of rotatable bonds is 10. The molecule has 4 N–H and O–H groups in total. The first-order chi connectivity index (χ1) is 14.1. The van der Waals surface area contributed by atoms with E-state index in [-0.39, 0.29) is 35.7 Å². The number of hydrogen-bond donors (Lipinski definition) is 3. The predicted octanol–water partition coefficient (Wildman–Crippen LogP) is 1.85. The van der Waals surface area contributed by atoms with Crippen LogP contribution in [0.5, 0.6) is 11.5 Å². The minimum absolute atomic E-state index is 0.0247. The number of nitrogens with two attached hydrogens (primary N) is 1. The lowest BCUT2D eigenvalue weighted by Crippen LogP contribution is -2.38. The molecule has 0 saturated carbocycles. The number of aromatic hydroxyl groups is 1. The summed E-state index contributed by atoms with van der Waals surface area (Å²) in [5, 5.41) is 12.7. The lowest BCUT2D eigenvalue weighted by Gasteiger charge is -2.20. The molecule has 30 heavy (non-hydrogen) atoms. The highest BCUT2D eigenvalue weighted by molar-refractivity contribution is 7.90. The van der Waals surface area contributed by atoms with Gasteiger partial charge in [0.1, 0.15) is 9.84 Å². The van der Waals surface area contributed by atoms with Gasteiger partial charge >= 0.3 is 0 Å². The summed E-state index contributed by atoms with van der Waals surface area (Å²) >= 11 is 0. The average Bonchev–Trinajstić information content (AvgIpc) is 2.67. The Kier molecular flexibility index (Phi) is 7.99. The summed E-state index contributed by atoms with van der Waals surface area (Å²) in [5.41, 5.74) is 6.11. The van der Waals surface area contributed by atoms with Crippen molar-refractivity contribution in [3.05, 3.63) is 65.7 Å². The van der Waals surface area contributed by atoms with Gasteiger partial charge in [-0.05, 0) is 36.3 Å². The molecule has 0 fully saturated rings. The number of sulfone groups is 1. The minimum Gasteiger partial charge on any atom is -0.504 e. The zero-order valence-electron chi connectivity index (χ0n) is 16.4. The zero-order valence-corrected chi connectivity index (χ0v) is 17.3. The highest BCUT2D eigenvalue weighted by Crippen LogP contribution is 2.28. The molecule has 1 unspecified atom stereocenters. The Balaban J connectivity index is 2.10. The number of phenolic OH excluding ortho intramolecular Hbond substituents is 1. The van der Waals surface area contributed by atoms with Crippen molar-refractivity contribution in [3.8, 4) is 11.5 Å². The van der Waals surface area contributed by atoms with Gasteiger partial charge in [-0.1, -0.05) is 30.3 Å². The molecule has 2 aromatic rings. The van der Waals surface area contributed by atoms with Gasteiger partial charge in [0.25, 0.3) is 0 Å². The normalized spacial score (nSPS) is 12.4. The van der Waals surface area contributed by atoms with Gasteiger partial charge < -0.3 is 20.9 Å². The first-order valence-corrected chi connectivity index (χ1v) is 11.2. The van der Waals surface area contributed by atoms with Crippen molar-refractivity contribution in [2.75, 3.05) is 12.0 Å². The molecule has 2 rings (SSSR count). The van der Waals surface area contributed by atoms with Gasteiger partial charge in [-0.2, -0.15) is 0 Å². The SMILES string of the molecule is CS(=O)(=O)CCCC(NC(=O)/C=C/c1ccccc1)Oc1ccc(C(N)=O)cc1O. The molecule has 1 atom stereocenters. The Bertz CT molecular complexity index is 1020. The van der Waals surface area contributed by atoms with Gasteiger partial charge in [-0.15, -0.1) is 0 Å². The van der Waals surface area contributed by atoms with E-state index in [1.165, 1.54) is 18.2 Å². The fourth-order valence-corrected chi connectivity index (χ4v) is 3.25. The van der Waals surface area contributed by atoms with E-state index in [4.69, 9.17) is 10.5 Å². The summed E-state index contributed by atoms with van der Waals surface area (Å²) in [5.74, 6) is -1.53. The molecule has 160 valence electrons. The minimum atomic E-state index is -3.17. The standard InChI is InChI=1S/C21H24N2O6S/c1-30(27,28)13-5-8-20(23-19(25)12-9-15-6-3-2-4-7-15)29-18-11-10-16(21(22)26)14-17(18)24/h2-4,6-7,9-12,14,20,24H,5,8,13H2,1H3,(H2,22,26)(H,23,25)/b12-9+. The third-order valence-electron chi connectivity index (χ3n) is 4.02. The molecule has 0 aromatic heterocycles. The Labute approximate surface area is 175 Å². The van der Waals surface area contributed by atoms with Crippen molar-refractivity contribution in [2.24, 2.45) is 5.73 Å². The number of phenols is 1. The topological polar surface area (TPSA) is 136 Å². The Morgan fingerprint density at radius 3 is 2.50 bits per heavy atom. The van der Waals surface area contributed by atoms with Crippen LogP contribution in [0.1, 0.15) is 28.8 Å². The van der Waals surface area contributed by atoms with Gasteiger partial charge in [-0.25, -0.2) is 8.42 Å². The van der Waals surface area contributed by atoms with Crippen LogP contribution in [0.3, 0.4) is 0 Å².